The molecule has 1 amide bonds. The highest BCUT2D eigenvalue weighted by Gasteiger charge is 2.45. The van der Waals surface area contributed by atoms with E-state index in [0.717, 1.165) is 5.56 Å². The summed E-state index contributed by atoms with van der Waals surface area (Å²) < 4.78 is 24.7. The number of carbonyl (C=O) groups excluding carboxylic acids is 1. The first-order chi connectivity index (χ1) is 11.6. The van der Waals surface area contributed by atoms with Crippen LogP contribution in [0, 0.1) is 11.7 Å². The molecule has 136 valence electrons. The molecule has 6 nitrogen and oxygen atoms in total. The summed E-state index contributed by atoms with van der Waals surface area (Å²) >= 11 is 1.44. The van der Waals surface area contributed by atoms with Gasteiger partial charge in [-0.25, -0.2) is 9.18 Å². The highest BCUT2D eigenvalue weighted by Crippen LogP contribution is 2.48. The minimum Gasteiger partial charge on any atom is -0.493 e. The largest absolute Gasteiger partial charge is 0.493 e. The van der Waals surface area contributed by atoms with Crippen molar-refractivity contribution in [3.8, 4) is 5.75 Å². The van der Waals surface area contributed by atoms with E-state index in [1.54, 1.807) is 26.8 Å². The Bertz CT molecular complexity index is 747. The lowest BCUT2D eigenvalue weighted by molar-refractivity contribution is 0.0563. The van der Waals surface area contributed by atoms with E-state index in [4.69, 9.17) is 20.2 Å². The number of rotatable bonds is 0. The number of thioether (sulfide) groups is 1. The first-order valence-electron chi connectivity index (χ1n) is 8.03. The van der Waals surface area contributed by atoms with Crippen LogP contribution in [0.4, 0.5) is 14.9 Å². The number of nitrogens with zero attached hydrogens (tertiary/aromatic N) is 1. The molecule has 0 spiro atoms. The van der Waals surface area contributed by atoms with Crippen LogP contribution < -0.4 is 15.8 Å². The first-order valence-corrected chi connectivity index (χ1v) is 9.02. The monoisotopic (exact) mass is 367 g/mol. The number of hydrogen-bond acceptors (Lipinski definition) is 6. The Hall–Kier alpha value is -1.96. The fourth-order valence-corrected chi connectivity index (χ4v) is 4.09. The molecule has 3 N–H and O–H groups in total. The molecule has 3 rings (SSSR count). The third kappa shape index (κ3) is 3.53. The molecule has 2 heterocycles. The molecule has 0 saturated carbocycles. The average molecular weight is 367 g/mol. The molecule has 0 bridgehead atoms. The minimum atomic E-state index is -0.648. The molecule has 8 heteroatoms. The number of benzene rings is 1. The molecule has 0 aromatic heterocycles. The lowest BCUT2D eigenvalue weighted by Crippen LogP contribution is -2.46. The van der Waals surface area contributed by atoms with Crippen LogP contribution in [0.3, 0.4) is 0 Å². The van der Waals surface area contributed by atoms with E-state index in [9.17, 15) is 9.18 Å². The van der Waals surface area contributed by atoms with Crippen molar-refractivity contribution in [2.45, 2.75) is 38.8 Å². The zero-order valence-electron chi connectivity index (χ0n) is 14.7. The SMILES string of the molecule is CC(C)(C)OC(=O)NC1=N[C@]2(C)c3cc(N)c(F)cc3OC[C@@H]2CS1. The second kappa shape index (κ2) is 6.09. The van der Waals surface area contributed by atoms with Gasteiger partial charge in [0.25, 0.3) is 0 Å². The Morgan fingerprint density at radius 3 is 2.92 bits per heavy atom. The zero-order valence-corrected chi connectivity index (χ0v) is 15.5. The van der Waals surface area contributed by atoms with Crippen LogP contribution in [-0.4, -0.2) is 29.2 Å². The second-order valence-electron chi connectivity index (χ2n) is 7.38. The van der Waals surface area contributed by atoms with Crippen LogP contribution in [0.15, 0.2) is 17.1 Å². The summed E-state index contributed by atoms with van der Waals surface area (Å²) in [6, 6.07) is 2.87. The summed E-state index contributed by atoms with van der Waals surface area (Å²) in [5, 5.41) is 3.17. The fourth-order valence-electron chi connectivity index (χ4n) is 2.90. The van der Waals surface area contributed by atoms with Gasteiger partial charge in [0, 0.05) is 23.3 Å². The van der Waals surface area contributed by atoms with Gasteiger partial charge in [-0.1, -0.05) is 11.8 Å². The fraction of sp³-hybridized carbons (Fsp3) is 0.529. The number of amidine groups is 1. The molecule has 2 aliphatic rings. The van der Waals surface area contributed by atoms with Crippen molar-refractivity contribution in [1.82, 2.24) is 5.32 Å². The smallest absolute Gasteiger partial charge is 0.413 e. The molecule has 0 aliphatic carbocycles. The molecule has 1 aromatic rings. The Kier molecular flexibility index (Phi) is 4.35. The van der Waals surface area contributed by atoms with Gasteiger partial charge in [0.05, 0.1) is 17.8 Å². The number of carbonyl (C=O) groups is 1. The third-order valence-corrected chi connectivity index (χ3v) is 5.28. The van der Waals surface area contributed by atoms with Gasteiger partial charge in [-0.2, -0.15) is 0 Å². The average Bonchev–Trinajstić information content (AvgIpc) is 2.46. The van der Waals surface area contributed by atoms with E-state index in [2.05, 4.69) is 5.32 Å². The summed E-state index contributed by atoms with van der Waals surface area (Å²) in [6.45, 7) is 7.78. The van der Waals surface area contributed by atoms with Gasteiger partial charge in [-0.15, -0.1) is 0 Å². The van der Waals surface area contributed by atoms with Gasteiger partial charge in [-0.05, 0) is 33.8 Å². The highest BCUT2D eigenvalue weighted by atomic mass is 32.2. The summed E-state index contributed by atoms with van der Waals surface area (Å²) in [5.74, 6) is 0.737. The van der Waals surface area contributed by atoms with Gasteiger partial charge >= 0.3 is 6.09 Å². The number of fused-ring (bicyclic) bond motifs is 3. The molecule has 25 heavy (non-hydrogen) atoms. The molecule has 0 saturated heterocycles. The van der Waals surface area contributed by atoms with Crippen LogP contribution >= 0.6 is 11.8 Å². The standard InChI is InChI=1S/C17H22FN3O3S/c1-16(2,3)24-15(22)20-14-21-17(4)9(8-25-14)7-23-13-6-11(18)12(19)5-10(13)17/h5-6,9H,7-8,19H2,1-4H3,(H,20,21,22)/t9-,17+/m1/s1. The number of anilines is 1. The maximum absolute atomic E-state index is 13.7. The van der Waals surface area contributed by atoms with E-state index in [1.165, 1.54) is 17.8 Å². The van der Waals surface area contributed by atoms with Crippen LogP contribution in [-0.2, 0) is 10.3 Å². The lowest BCUT2D eigenvalue weighted by atomic mass is 9.79. The molecule has 0 fully saturated rings. The van der Waals surface area contributed by atoms with Crippen molar-refractivity contribution in [3.05, 3.63) is 23.5 Å². The van der Waals surface area contributed by atoms with E-state index in [-0.39, 0.29) is 11.6 Å². The Labute approximate surface area is 150 Å². The first kappa shape index (κ1) is 17.8. The van der Waals surface area contributed by atoms with Crippen LogP contribution in [0.5, 0.6) is 5.75 Å². The van der Waals surface area contributed by atoms with Crippen LogP contribution in [0.25, 0.3) is 0 Å². The highest BCUT2D eigenvalue weighted by molar-refractivity contribution is 8.13. The summed E-state index contributed by atoms with van der Waals surface area (Å²) in [6.07, 6.45) is -0.549. The third-order valence-electron chi connectivity index (χ3n) is 4.24. The molecule has 2 aliphatic heterocycles. The number of halogens is 1. The number of amides is 1. The minimum absolute atomic E-state index is 0.0549. The van der Waals surface area contributed by atoms with Gasteiger partial charge in [0.2, 0.25) is 0 Å². The molecule has 0 unspecified atom stereocenters. The van der Waals surface area contributed by atoms with Crippen LogP contribution in [0.2, 0.25) is 0 Å². The van der Waals surface area contributed by atoms with Gasteiger partial charge in [-0.3, -0.25) is 10.3 Å². The van der Waals surface area contributed by atoms with Crippen molar-refractivity contribution < 1.29 is 18.7 Å². The number of nitrogens with one attached hydrogen (secondary N) is 1. The maximum Gasteiger partial charge on any atom is 0.413 e. The second-order valence-corrected chi connectivity index (χ2v) is 8.39. The van der Waals surface area contributed by atoms with Crippen LogP contribution in [0.1, 0.15) is 33.3 Å². The Morgan fingerprint density at radius 1 is 1.52 bits per heavy atom. The number of nitrogens with two attached hydrogens (primary N) is 1. The molecule has 2 atom stereocenters. The molecular weight excluding hydrogens is 345 g/mol. The lowest BCUT2D eigenvalue weighted by Gasteiger charge is -2.42. The molecule has 0 radical (unpaired) electrons. The number of nitrogen functional groups attached to an aromatic ring is 1. The maximum atomic E-state index is 13.7. The number of hydrogen-bond donors (Lipinski definition) is 2. The van der Waals surface area contributed by atoms with Crippen molar-refractivity contribution in [2.24, 2.45) is 10.9 Å². The Balaban J connectivity index is 1.91. The quantitative estimate of drug-likeness (QED) is 0.688. The number of aliphatic imine (C=N–C) groups is 1. The van der Waals surface area contributed by atoms with Gasteiger partial charge < -0.3 is 15.2 Å². The van der Waals surface area contributed by atoms with E-state index >= 15 is 0 Å². The topological polar surface area (TPSA) is 85.9 Å². The van der Waals surface area contributed by atoms with Gasteiger partial charge in [0.1, 0.15) is 17.2 Å². The Morgan fingerprint density at radius 2 is 2.24 bits per heavy atom. The normalized spacial score (nSPS) is 25.2. The van der Waals surface area contributed by atoms with Crippen molar-refractivity contribution in [3.63, 3.8) is 0 Å². The van der Waals surface area contributed by atoms with Crippen molar-refractivity contribution in [1.29, 1.82) is 0 Å². The summed E-state index contributed by atoms with van der Waals surface area (Å²) in [4.78, 5) is 16.7. The predicted octanol–water partition coefficient (Wildman–Crippen LogP) is 3.26. The predicted molar refractivity (Wildman–Crippen MR) is 96.4 cm³/mol. The van der Waals surface area contributed by atoms with E-state index < -0.39 is 23.1 Å². The van der Waals surface area contributed by atoms with Gasteiger partial charge in [0.15, 0.2) is 5.17 Å². The molecular formula is C17H22FN3O3S. The summed E-state index contributed by atoms with van der Waals surface area (Å²) in [5.41, 5.74) is 5.28. The van der Waals surface area contributed by atoms with Crippen molar-refractivity contribution >= 4 is 28.7 Å². The van der Waals surface area contributed by atoms with Crippen molar-refractivity contribution in [2.75, 3.05) is 18.1 Å². The summed E-state index contributed by atoms with van der Waals surface area (Å²) in [7, 11) is 0. The van der Waals surface area contributed by atoms with E-state index in [0.29, 0.717) is 23.3 Å². The number of alkyl carbamates (subject to hydrolysis) is 1. The zero-order chi connectivity index (χ0) is 18.4. The number of ether oxygens (including phenoxy) is 2. The molecule has 1 aromatic carbocycles. The van der Waals surface area contributed by atoms with E-state index in [1.807, 2.05) is 6.92 Å².